The Kier molecular flexibility index (Phi) is 4.15. The van der Waals surface area contributed by atoms with Crippen LogP contribution in [0.4, 0.5) is 5.69 Å². The smallest absolute Gasteiger partial charge is 0.270 e. The van der Waals surface area contributed by atoms with Crippen molar-refractivity contribution < 1.29 is 19.6 Å². The molecule has 0 saturated carbocycles. The molecular weight excluding hydrogens is 394 g/mol. The van der Waals surface area contributed by atoms with E-state index in [1.807, 2.05) is 50.2 Å². The summed E-state index contributed by atoms with van der Waals surface area (Å²) < 4.78 is 6.26. The average molecular weight is 415 g/mol. The van der Waals surface area contributed by atoms with E-state index in [4.69, 9.17) is 4.74 Å². The minimum absolute atomic E-state index is 0.0549. The summed E-state index contributed by atoms with van der Waals surface area (Å²) >= 11 is 0. The standard InChI is InChI=1S/C25H21NO5/c1-25(2)12-19(28)24-21(13-25)31-20-10-7-14-5-3-4-6-16(14)22(20)23(24)17-11-15(26(29)30)8-9-18(17)27/h3-11,23,27H,12-13H2,1-2H3. The highest BCUT2D eigenvalue weighted by Gasteiger charge is 2.43. The first-order valence-electron chi connectivity index (χ1n) is 10.2. The molecule has 0 spiro atoms. The van der Waals surface area contributed by atoms with Gasteiger partial charge in [0.2, 0.25) is 0 Å². The first kappa shape index (κ1) is 19.3. The number of nitro groups is 1. The van der Waals surface area contributed by atoms with Gasteiger partial charge in [-0.15, -0.1) is 0 Å². The quantitative estimate of drug-likeness (QED) is 0.433. The van der Waals surface area contributed by atoms with Gasteiger partial charge in [-0.2, -0.15) is 0 Å². The van der Waals surface area contributed by atoms with Crippen LogP contribution in [-0.4, -0.2) is 15.8 Å². The van der Waals surface area contributed by atoms with E-state index in [-0.39, 0.29) is 22.6 Å². The number of phenolic OH excluding ortho intramolecular Hbond substituents is 1. The molecule has 0 amide bonds. The van der Waals surface area contributed by atoms with Crippen LogP contribution >= 0.6 is 0 Å². The molecule has 0 radical (unpaired) electrons. The molecule has 5 rings (SSSR count). The third kappa shape index (κ3) is 3.06. The van der Waals surface area contributed by atoms with Crippen LogP contribution in [0.1, 0.15) is 43.7 Å². The number of carbonyl (C=O) groups excluding carboxylic acids is 1. The lowest BCUT2D eigenvalue weighted by Crippen LogP contribution is -2.33. The Morgan fingerprint density at radius 2 is 1.87 bits per heavy atom. The first-order chi connectivity index (χ1) is 14.7. The Bertz CT molecular complexity index is 1300. The first-order valence-corrected chi connectivity index (χ1v) is 10.2. The number of aromatic hydroxyl groups is 1. The predicted molar refractivity (Wildman–Crippen MR) is 116 cm³/mol. The van der Waals surface area contributed by atoms with Crippen LogP contribution in [0.25, 0.3) is 10.8 Å². The highest BCUT2D eigenvalue weighted by atomic mass is 16.6. The van der Waals surface area contributed by atoms with Crippen LogP contribution < -0.4 is 4.74 Å². The Hall–Kier alpha value is -3.67. The maximum atomic E-state index is 13.4. The van der Waals surface area contributed by atoms with Gasteiger partial charge in [-0.05, 0) is 28.3 Å². The maximum absolute atomic E-state index is 13.4. The lowest BCUT2D eigenvalue weighted by molar-refractivity contribution is -0.384. The number of allylic oxidation sites excluding steroid dienone is 2. The summed E-state index contributed by atoms with van der Waals surface area (Å²) in [6.07, 6.45) is 0.925. The van der Waals surface area contributed by atoms with Crippen molar-refractivity contribution in [1.29, 1.82) is 0 Å². The van der Waals surface area contributed by atoms with Gasteiger partial charge in [0.05, 0.1) is 4.92 Å². The predicted octanol–water partition coefficient (Wildman–Crippen LogP) is 5.62. The zero-order chi connectivity index (χ0) is 21.9. The summed E-state index contributed by atoms with van der Waals surface area (Å²) in [7, 11) is 0. The number of ether oxygens (including phenoxy) is 1. The summed E-state index contributed by atoms with van der Waals surface area (Å²) in [5, 5.41) is 24.1. The molecule has 6 heteroatoms. The van der Waals surface area contributed by atoms with Gasteiger partial charge in [0, 0.05) is 47.6 Å². The summed E-state index contributed by atoms with van der Waals surface area (Å²) in [5.41, 5.74) is 1.20. The Morgan fingerprint density at radius 3 is 2.65 bits per heavy atom. The van der Waals surface area contributed by atoms with E-state index >= 15 is 0 Å². The second-order valence-electron chi connectivity index (χ2n) is 9.01. The van der Waals surface area contributed by atoms with Crippen LogP contribution in [0.5, 0.6) is 11.5 Å². The van der Waals surface area contributed by atoms with E-state index in [0.717, 1.165) is 16.3 Å². The van der Waals surface area contributed by atoms with Crippen LogP contribution in [0.2, 0.25) is 0 Å². The second-order valence-corrected chi connectivity index (χ2v) is 9.01. The lowest BCUT2D eigenvalue weighted by Gasteiger charge is -2.38. The van der Waals surface area contributed by atoms with E-state index < -0.39 is 10.8 Å². The molecule has 31 heavy (non-hydrogen) atoms. The average Bonchev–Trinajstić information content (AvgIpc) is 2.71. The van der Waals surface area contributed by atoms with Gasteiger partial charge in [-0.1, -0.05) is 44.2 Å². The molecule has 1 heterocycles. The summed E-state index contributed by atoms with van der Waals surface area (Å²) in [6.45, 7) is 4.04. The van der Waals surface area contributed by atoms with Crippen molar-refractivity contribution in [2.45, 2.75) is 32.6 Å². The van der Waals surface area contributed by atoms with Crippen LogP contribution in [0.3, 0.4) is 0 Å². The molecule has 1 aliphatic carbocycles. The zero-order valence-electron chi connectivity index (χ0n) is 17.2. The molecule has 3 aromatic carbocycles. The van der Waals surface area contributed by atoms with Gasteiger partial charge in [0.25, 0.3) is 5.69 Å². The molecule has 0 bridgehead atoms. The molecule has 0 fully saturated rings. The highest BCUT2D eigenvalue weighted by molar-refractivity contribution is 6.02. The molecule has 2 aliphatic rings. The lowest BCUT2D eigenvalue weighted by atomic mass is 9.69. The molecule has 1 atom stereocenters. The number of fused-ring (bicyclic) bond motifs is 3. The van der Waals surface area contributed by atoms with Crippen LogP contribution in [-0.2, 0) is 4.79 Å². The number of hydrogen-bond acceptors (Lipinski definition) is 5. The number of non-ortho nitro benzene ring substituents is 1. The van der Waals surface area contributed by atoms with E-state index in [2.05, 4.69) is 0 Å². The highest BCUT2D eigenvalue weighted by Crippen LogP contribution is 2.53. The molecular formula is C25H21NO5. The number of rotatable bonds is 2. The number of Topliss-reactive ketones (excluding diaryl/α,β-unsaturated/α-hetero) is 1. The fourth-order valence-corrected chi connectivity index (χ4v) is 4.83. The van der Waals surface area contributed by atoms with Crippen molar-refractivity contribution in [2.75, 3.05) is 0 Å². The fourth-order valence-electron chi connectivity index (χ4n) is 4.83. The molecule has 1 unspecified atom stereocenters. The van der Waals surface area contributed by atoms with Crippen molar-refractivity contribution in [2.24, 2.45) is 5.41 Å². The monoisotopic (exact) mass is 415 g/mol. The van der Waals surface area contributed by atoms with Crippen molar-refractivity contribution >= 4 is 22.2 Å². The van der Waals surface area contributed by atoms with Crippen molar-refractivity contribution in [3.05, 3.63) is 87.2 Å². The van der Waals surface area contributed by atoms with Gasteiger partial charge in [0.1, 0.15) is 17.3 Å². The third-order valence-electron chi connectivity index (χ3n) is 6.15. The van der Waals surface area contributed by atoms with Crippen LogP contribution in [0, 0.1) is 15.5 Å². The largest absolute Gasteiger partial charge is 0.508 e. The number of nitrogens with zero attached hydrogens (tertiary/aromatic N) is 1. The molecule has 1 N–H and O–H groups in total. The van der Waals surface area contributed by atoms with E-state index in [0.29, 0.717) is 35.5 Å². The van der Waals surface area contributed by atoms with Gasteiger partial charge in [0.15, 0.2) is 5.78 Å². The normalized spacial score (nSPS) is 19.5. The molecule has 6 nitrogen and oxygen atoms in total. The number of benzene rings is 3. The Morgan fingerprint density at radius 1 is 1.10 bits per heavy atom. The second kappa shape index (κ2) is 6.67. The third-order valence-corrected chi connectivity index (χ3v) is 6.15. The Balaban J connectivity index is 1.85. The fraction of sp³-hybridized carbons (Fsp3) is 0.240. The van der Waals surface area contributed by atoms with Gasteiger partial charge < -0.3 is 9.84 Å². The Labute approximate surface area is 178 Å². The zero-order valence-corrected chi connectivity index (χ0v) is 17.2. The number of nitro benzene ring substituents is 1. The minimum atomic E-state index is -0.645. The van der Waals surface area contributed by atoms with E-state index in [1.165, 1.54) is 18.2 Å². The molecule has 0 saturated heterocycles. The van der Waals surface area contributed by atoms with Gasteiger partial charge in [-0.3, -0.25) is 14.9 Å². The van der Waals surface area contributed by atoms with Crippen molar-refractivity contribution in [3.8, 4) is 11.5 Å². The molecule has 3 aromatic rings. The summed E-state index contributed by atoms with van der Waals surface area (Å²) in [4.78, 5) is 24.3. The van der Waals surface area contributed by atoms with Gasteiger partial charge in [-0.25, -0.2) is 0 Å². The van der Waals surface area contributed by atoms with E-state index in [1.54, 1.807) is 0 Å². The van der Waals surface area contributed by atoms with Crippen molar-refractivity contribution in [3.63, 3.8) is 0 Å². The summed E-state index contributed by atoms with van der Waals surface area (Å²) in [6, 6.07) is 15.5. The SMILES string of the molecule is CC1(C)CC(=O)C2=C(C1)Oc1ccc3ccccc3c1C2c1cc([N+](=O)[O-])ccc1O. The molecule has 0 aromatic heterocycles. The molecule has 156 valence electrons. The summed E-state index contributed by atoms with van der Waals surface area (Å²) in [5.74, 6) is 0.411. The number of hydrogen-bond donors (Lipinski definition) is 1. The minimum Gasteiger partial charge on any atom is -0.508 e. The number of phenols is 1. The number of ketones is 1. The van der Waals surface area contributed by atoms with E-state index in [9.17, 15) is 20.0 Å². The van der Waals surface area contributed by atoms with Crippen LogP contribution in [0.15, 0.2) is 65.9 Å². The molecule has 1 aliphatic heterocycles. The maximum Gasteiger partial charge on any atom is 0.270 e. The topological polar surface area (TPSA) is 89.7 Å². The van der Waals surface area contributed by atoms with Gasteiger partial charge >= 0.3 is 0 Å². The van der Waals surface area contributed by atoms with Crippen molar-refractivity contribution in [1.82, 2.24) is 0 Å². The number of carbonyl (C=O) groups is 1.